The minimum atomic E-state index is -0.513. The Bertz CT molecular complexity index is 1510. The van der Waals surface area contributed by atoms with Crippen LogP contribution in [0.4, 0.5) is 0 Å². The number of hydrogen-bond donors (Lipinski definition) is 1. The van der Waals surface area contributed by atoms with Crippen molar-refractivity contribution >= 4 is 5.91 Å². The number of rotatable bonds is 9. The number of hydrogen-bond acceptors (Lipinski definition) is 7. The predicted octanol–water partition coefficient (Wildman–Crippen LogP) is 4.83. The molecule has 0 radical (unpaired) electrons. The number of benzene rings is 3. The van der Waals surface area contributed by atoms with Gasteiger partial charge in [0.15, 0.2) is 17.3 Å². The van der Waals surface area contributed by atoms with Gasteiger partial charge in [-0.15, -0.1) is 0 Å². The number of amides is 1. The Labute approximate surface area is 252 Å². The molecule has 3 aliphatic heterocycles. The normalized spacial score (nSPS) is 20.8. The van der Waals surface area contributed by atoms with Crippen LogP contribution in [0.1, 0.15) is 47.4 Å². The minimum absolute atomic E-state index is 0.000834. The van der Waals surface area contributed by atoms with Gasteiger partial charge in [-0.2, -0.15) is 0 Å². The van der Waals surface area contributed by atoms with Gasteiger partial charge in [-0.05, 0) is 70.9 Å². The van der Waals surface area contributed by atoms with E-state index in [0.717, 1.165) is 44.0 Å². The number of allylic oxidation sites excluding steroid dienone is 1. The summed E-state index contributed by atoms with van der Waals surface area (Å²) in [5.74, 6) is 1.87. The zero-order chi connectivity index (χ0) is 29.2. The number of piperazine rings is 1. The maximum atomic E-state index is 13.8. The monoisotopic (exact) mass is 582 g/mol. The molecule has 224 valence electrons. The lowest BCUT2D eigenvalue weighted by Crippen LogP contribution is -2.49. The average Bonchev–Trinajstić information content (AvgIpc) is 3.67. The Hall–Kier alpha value is -3.85. The van der Waals surface area contributed by atoms with E-state index in [0.29, 0.717) is 38.3 Å². The van der Waals surface area contributed by atoms with E-state index in [9.17, 15) is 9.90 Å². The summed E-state index contributed by atoms with van der Waals surface area (Å²) in [5, 5.41) is 9.18. The lowest BCUT2D eigenvalue weighted by molar-refractivity contribution is -0.154. The van der Waals surface area contributed by atoms with Gasteiger partial charge in [-0.25, -0.2) is 0 Å². The Morgan fingerprint density at radius 2 is 1.74 bits per heavy atom. The highest BCUT2D eigenvalue weighted by atomic mass is 16.7. The lowest BCUT2D eigenvalue weighted by atomic mass is 9.90. The van der Waals surface area contributed by atoms with Crippen LogP contribution < -0.4 is 9.47 Å². The summed E-state index contributed by atoms with van der Waals surface area (Å²) >= 11 is 0. The molecule has 3 aromatic rings. The van der Waals surface area contributed by atoms with Crippen molar-refractivity contribution in [3.05, 3.63) is 94.8 Å². The number of ether oxygens (including phenoxy) is 4. The summed E-state index contributed by atoms with van der Waals surface area (Å²) in [4.78, 5) is 18.0. The van der Waals surface area contributed by atoms with E-state index in [2.05, 4.69) is 53.4 Å². The quantitative estimate of drug-likeness (QED) is 0.283. The molecule has 2 atom stereocenters. The first-order chi connectivity index (χ1) is 21.1. The van der Waals surface area contributed by atoms with Crippen molar-refractivity contribution < 1.29 is 28.8 Å². The lowest BCUT2D eigenvalue weighted by Gasteiger charge is -2.36. The van der Waals surface area contributed by atoms with E-state index >= 15 is 0 Å². The highest BCUT2D eigenvalue weighted by Crippen LogP contribution is 2.40. The molecular weight excluding hydrogens is 544 g/mol. The molecule has 0 bridgehead atoms. The van der Waals surface area contributed by atoms with Gasteiger partial charge in [-0.1, -0.05) is 48.5 Å². The molecule has 4 aliphatic rings. The molecule has 1 aliphatic carbocycles. The number of carbonyl (C=O) groups is 1. The van der Waals surface area contributed by atoms with E-state index < -0.39 is 6.29 Å². The van der Waals surface area contributed by atoms with E-state index in [1.165, 1.54) is 33.4 Å². The van der Waals surface area contributed by atoms with Gasteiger partial charge in [0.2, 0.25) is 13.1 Å². The summed E-state index contributed by atoms with van der Waals surface area (Å²) in [7, 11) is 0. The van der Waals surface area contributed by atoms with Gasteiger partial charge in [0, 0.05) is 51.7 Å². The largest absolute Gasteiger partial charge is 0.459 e. The first-order valence-corrected chi connectivity index (χ1v) is 15.4. The molecule has 3 aromatic carbocycles. The smallest absolute Gasteiger partial charge is 0.288 e. The third kappa shape index (κ3) is 6.00. The molecule has 43 heavy (non-hydrogen) atoms. The maximum absolute atomic E-state index is 13.8. The molecule has 8 nitrogen and oxygen atoms in total. The molecular formula is C35H38N2O6. The van der Waals surface area contributed by atoms with E-state index in [-0.39, 0.29) is 25.2 Å². The maximum Gasteiger partial charge on any atom is 0.288 e. The van der Waals surface area contributed by atoms with Gasteiger partial charge >= 0.3 is 0 Å². The number of fused-ring (bicyclic) bond motifs is 4. The number of aliphatic hydroxyl groups is 1. The Kier molecular flexibility index (Phi) is 8.06. The molecule has 8 heteroatoms. The fraction of sp³-hybridized carbons (Fsp3) is 0.400. The first kappa shape index (κ1) is 28.0. The standard InChI is InChI=1S/C35H38N2O6/c38-15-3-4-16-40-34-21-28(25-8-9-27-18-26-5-1-2-6-29(26)30(27)19-25)20-33(43-34)35(39)37-13-11-36(12-14-37)22-24-7-10-31-32(17-24)42-23-41-31/h1-2,5-10,17,19-20,28,34,38H,3-4,11-16,18,21-23H2/t28-,34+/m1/s1. The molecule has 1 saturated heterocycles. The number of carbonyl (C=O) groups excluding carboxylic acids is 1. The van der Waals surface area contributed by atoms with Crippen molar-refractivity contribution in [1.82, 2.24) is 9.80 Å². The predicted molar refractivity (Wildman–Crippen MR) is 162 cm³/mol. The van der Waals surface area contributed by atoms with Gasteiger partial charge in [0.05, 0.1) is 6.61 Å². The Balaban J connectivity index is 1.05. The Morgan fingerprint density at radius 1 is 0.907 bits per heavy atom. The minimum Gasteiger partial charge on any atom is -0.459 e. The molecule has 0 spiro atoms. The molecule has 1 fully saturated rings. The van der Waals surface area contributed by atoms with Crippen molar-refractivity contribution in [3.63, 3.8) is 0 Å². The van der Waals surface area contributed by atoms with Crippen molar-refractivity contribution in [2.75, 3.05) is 46.2 Å². The van der Waals surface area contributed by atoms with Gasteiger partial charge < -0.3 is 29.0 Å². The van der Waals surface area contributed by atoms with Gasteiger partial charge in [-0.3, -0.25) is 9.69 Å². The third-order valence-corrected chi connectivity index (χ3v) is 8.88. The van der Waals surface area contributed by atoms with Crippen molar-refractivity contribution in [2.24, 2.45) is 0 Å². The second-order valence-corrected chi connectivity index (χ2v) is 11.7. The fourth-order valence-electron chi connectivity index (χ4n) is 6.51. The molecule has 7 rings (SSSR count). The summed E-state index contributed by atoms with van der Waals surface area (Å²) in [6, 6.07) is 21.4. The second-order valence-electron chi connectivity index (χ2n) is 11.7. The van der Waals surface area contributed by atoms with Crippen LogP contribution in [0.5, 0.6) is 11.5 Å². The third-order valence-electron chi connectivity index (χ3n) is 8.88. The summed E-state index contributed by atoms with van der Waals surface area (Å²) < 4.78 is 23.3. The SMILES string of the molecule is O=C(C1=C[C@@H](c2ccc3c(c2)-c2ccccc2C3)C[C@@H](OCCCCO)O1)N1CCN(Cc2ccc3c(c2)OCO3)CC1. The van der Waals surface area contributed by atoms with Crippen molar-refractivity contribution in [1.29, 1.82) is 0 Å². The van der Waals surface area contributed by atoms with Crippen LogP contribution >= 0.6 is 0 Å². The average molecular weight is 583 g/mol. The first-order valence-electron chi connectivity index (χ1n) is 15.4. The summed E-state index contributed by atoms with van der Waals surface area (Å²) in [6.45, 7) is 4.51. The van der Waals surface area contributed by atoms with Crippen LogP contribution in [0, 0.1) is 0 Å². The topological polar surface area (TPSA) is 80.7 Å². The van der Waals surface area contributed by atoms with Gasteiger partial charge in [0.25, 0.3) is 5.91 Å². The molecule has 1 amide bonds. The molecule has 0 unspecified atom stereocenters. The second kappa shape index (κ2) is 12.4. The number of aliphatic hydroxyl groups excluding tert-OH is 1. The van der Waals surface area contributed by atoms with Crippen LogP contribution in [0.3, 0.4) is 0 Å². The number of unbranched alkanes of at least 4 members (excludes halogenated alkanes) is 1. The van der Waals surface area contributed by atoms with E-state index in [1.807, 2.05) is 23.1 Å². The highest BCUT2D eigenvalue weighted by molar-refractivity contribution is 5.92. The van der Waals surface area contributed by atoms with Crippen LogP contribution in [0.15, 0.2) is 72.5 Å². The van der Waals surface area contributed by atoms with Crippen molar-refractivity contribution in [2.45, 2.75) is 44.4 Å². The Morgan fingerprint density at radius 3 is 2.63 bits per heavy atom. The van der Waals surface area contributed by atoms with Crippen LogP contribution in [-0.2, 0) is 27.2 Å². The zero-order valence-electron chi connectivity index (χ0n) is 24.4. The highest BCUT2D eigenvalue weighted by Gasteiger charge is 2.33. The van der Waals surface area contributed by atoms with Crippen molar-refractivity contribution in [3.8, 4) is 22.6 Å². The molecule has 0 saturated carbocycles. The van der Waals surface area contributed by atoms with E-state index in [4.69, 9.17) is 18.9 Å². The summed E-state index contributed by atoms with van der Waals surface area (Å²) in [5.41, 5.74) is 7.61. The van der Waals surface area contributed by atoms with Crippen LogP contribution in [0.2, 0.25) is 0 Å². The zero-order valence-corrected chi connectivity index (χ0v) is 24.4. The molecule has 1 N–H and O–H groups in total. The summed E-state index contributed by atoms with van der Waals surface area (Å²) in [6.07, 6.45) is 4.50. The van der Waals surface area contributed by atoms with E-state index in [1.54, 1.807) is 0 Å². The van der Waals surface area contributed by atoms with Crippen LogP contribution in [-0.4, -0.2) is 73.3 Å². The molecule has 0 aromatic heterocycles. The molecule has 3 heterocycles. The fourth-order valence-corrected chi connectivity index (χ4v) is 6.51. The van der Waals surface area contributed by atoms with Crippen LogP contribution in [0.25, 0.3) is 11.1 Å². The van der Waals surface area contributed by atoms with Gasteiger partial charge in [0.1, 0.15) is 0 Å². The number of nitrogens with zero attached hydrogens (tertiary/aromatic N) is 2.